The van der Waals surface area contributed by atoms with Crippen LogP contribution in [0.25, 0.3) is 22.3 Å². The highest BCUT2D eigenvalue weighted by Gasteiger charge is 2.19. The molecule has 0 unspecified atom stereocenters. The molecule has 1 N–H and O–H groups in total. The van der Waals surface area contributed by atoms with Crippen molar-refractivity contribution < 1.29 is 13.9 Å². The van der Waals surface area contributed by atoms with Crippen molar-refractivity contribution in [2.24, 2.45) is 0 Å². The highest BCUT2D eigenvalue weighted by atomic mass is 35.5. The van der Waals surface area contributed by atoms with Gasteiger partial charge in [-0.25, -0.2) is 0 Å². The molecule has 1 aromatic heterocycles. The molecular formula is C27H24ClNO4. The van der Waals surface area contributed by atoms with Gasteiger partial charge < -0.3 is 14.5 Å². The van der Waals surface area contributed by atoms with E-state index in [9.17, 15) is 9.59 Å². The number of nitrogens with one attached hydrogen (secondary N) is 1. The lowest BCUT2D eigenvalue weighted by Crippen LogP contribution is -2.22. The van der Waals surface area contributed by atoms with Gasteiger partial charge in [-0.3, -0.25) is 9.59 Å². The van der Waals surface area contributed by atoms with Gasteiger partial charge in [0, 0.05) is 16.3 Å². The van der Waals surface area contributed by atoms with Crippen LogP contribution in [-0.4, -0.2) is 12.5 Å². The van der Waals surface area contributed by atoms with Crippen molar-refractivity contribution in [3.8, 4) is 17.1 Å². The lowest BCUT2D eigenvalue weighted by atomic mass is 10.1. The van der Waals surface area contributed by atoms with Crippen LogP contribution in [0.5, 0.6) is 5.75 Å². The summed E-state index contributed by atoms with van der Waals surface area (Å²) in [6.45, 7) is 3.75. The second kappa shape index (κ2) is 9.92. The van der Waals surface area contributed by atoms with E-state index in [1.807, 2.05) is 37.3 Å². The second-order valence-electron chi connectivity index (χ2n) is 7.67. The fourth-order valence-electron chi connectivity index (χ4n) is 3.53. The molecule has 0 aliphatic carbocycles. The number of amides is 1. The molecule has 0 fully saturated rings. The number of benzene rings is 3. The summed E-state index contributed by atoms with van der Waals surface area (Å²) in [5.41, 5.74) is 3.61. The summed E-state index contributed by atoms with van der Waals surface area (Å²) in [6, 6.07) is 20.0. The number of halogens is 1. The molecule has 4 aromatic rings. The molecule has 6 heteroatoms. The zero-order valence-electron chi connectivity index (χ0n) is 18.5. The number of fused-ring (bicyclic) bond motifs is 1. The molecule has 1 heterocycles. The van der Waals surface area contributed by atoms with Gasteiger partial charge in [-0.1, -0.05) is 43.6 Å². The van der Waals surface area contributed by atoms with Crippen LogP contribution in [0.15, 0.2) is 75.9 Å². The first-order valence-electron chi connectivity index (χ1n) is 10.9. The van der Waals surface area contributed by atoms with E-state index in [0.717, 1.165) is 18.4 Å². The lowest BCUT2D eigenvalue weighted by Gasteiger charge is -2.12. The predicted octanol–water partition coefficient (Wildman–Crippen LogP) is 6.26. The summed E-state index contributed by atoms with van der Waals surface area (Å²) in [5, 5.41) is 3.77. The van der Waals surface area contributed by atoms with E-state index in [4.69, 9.17) is 20.8 Å². The topological polar surface area (TPSA) is 68.5 Å². The van der Waals surface area contributed by atoms with Crippen LogP contribution < -0.4 is 15.5 Å². The van der Waals surface area contributed by atoms with E-state index in [1.54, 1.807) is 36.4 Å². The zero-order chi connectivity index (χ0) is 23.4. The standard InChI is InChI=1S/C27H24ClNO4/c1-3-17-5-12-21(13-6-17)29-24(30)16-32-27-25(31)22-15-18(4-2)7-14-23(22)33-26(27)19-8-10-20(28)11-9-19/h5-15H,3-4,16H2,1-2H3,(H,29,30). The SMILES string of the molecule is CCc1ccc(NC(=O)COc2c(-c3ccc(Cl)cc3)oc3ccc(CC)cc3c2=O)cc1. The van der Waals surface area contributed by atoms with Crippen molar-refractivity contribution in [2.45, 2.75) is 26.7 Å². The molecule has 5 nitrogen and oxygen atoms in total. The number of carbonyl (C=O) groups excluding carboxylic acids is 1. The Morgan fingerprint density at radius 2 is 1.61 bits per heavy atom. The van der Waals surface area contributed by atoms with Gasteiger partial charge >= 0.3 is 0 Å². The fourth-order valence-corrected chi connectivity index (χ4v) is 3.65. The predicted molar refractivity (Wildman–Crippen MR) is 132 cm³/mol. The minimum Gasteiger partial charge on any atom is -0.476 e. The quantitative estimate of drug-likeness (QED) is 0.353. The van der Waals surface area contributed by atoms with Crippen molar-refractivity contribution in [1.82, 2.24) is 0 Å². The summed E-state index contributed by atoms with van der Waals surface area (Å²) in [7, 11) is 0. The van der Waals surface area contributed by atoms with Gasteiger partial charge in [-0.15, -0.1) is 0 Å². The molecule has 0 radical (unpaired) electrons. The van der Waals surface area contributed by atoms with Gasteiger partial charge in [-0.2, -0.15) is 0 Å². The van der Waals surface area contributed by atoms with Crippen LogP contribution in [0.1, 0.15) is 25.0 Å². The summed E-state index contributed by atoms with van der Waals surface area (Å²) in [4.78, 5) is 25.9. The number of ether oxygens (including phenoxy) is 1. The Morgan fingerprint density at radius 1 is 0.939 bits per heavy atom. The minimum atomic E-state index is -0.372. The van der Waals surface area contributed by atoms with Crippen LogP contribution in [0, 0.1) is 0 Å². The molecule has 1 amide bonds. The van der Waals surface area contributed by atoms with E-state index in [0.29, 0.717) is 27.2 Å². The average Bonchev–Trinajstić information content (AvgIpc) is 2.84. The van der Waals surface area contributed by atoms with Gasteiger partial charge in [-0.05, 0) is 72.5 Å². The number of hydrogen-bond acceptors (Lipinski definition) is 4. The number of rotatable bonds is 7. The van der Waals surface area contributed by atoms with E-state index in [1.165, 1.54) is 5.56 Å². The first kappa shape index (κ1) is 22.6. The molecule has 0 aliphatic rings. The summed E-state index contributed by atoms with van der Waals surface area (Å²) < 4.78 is 11.8. The molecule has 0 aliphatic heterocycles. The maximum Gasteiger partial charge on any atom is 0.262 e. The number of hydrogen-bond donors (Lipinski definition) is 1. The van der Waals surface area contributed by atoms with E-state index in [2.05, 4.69) is 12.2 Å². The van der Waals surface area contributed by atoms with Crippen molar-refractivity contribution in [2.75, 3.05) is 11.9 Å². The monoisotopic (exact) mass is 461 g/mol. The number of aryl methyl sites for hydroxylation is 2. The van der Waals surface area contributed by atoms with Gasteiger partial charge in [0.1, 0.15) is 5.58 Å². The molecule has 0 saturated carbocycles. The molecule has 33 heavy (non-hydrogen) atoms. The summed E-state index contributed by atoms with van der Waals surface area (Å²) in [6.07, 6.45) is 1.70. The third-order valence-electron chi connectivity index (χ3n) is 5.42. The highest BCUT2D eigenvalue weighted by Crippen LogP contribution is 2.32. The number of carbonyl (C=O) groups is 1. The van der Waals surface area contributed by atoms with Crippen LogP contribution in [-0.2, 0) is 17.6 Å². The molecule has 4 rings (SSSR count). The van der Waals surface area contributed by atoms with E-state index < -0.39 is 0 Å². The second-order valence-corrected chi connectivity index (χ2v) is 8.10. The summed E-state index contributed by atoms with van der Waals surface area (Å²) in [5.74, 6) is -0.119. The van der Waals surface area contributed by atoms with Crippen molar-refractivity contribution in [3.05, 3.63) is 93.1 Å². The van der Waals surface area contributed by atoms with Crippen LogP contribution >= 0.6 is 11.6 Å². The van der Waals surface area contributed by atoms with Gasteiger partial charge in [0.15, 0.2) is 12.4 Å². The Morgan fingerprint density at radius 3 is 2.27 bits per heavy atom. The molecular weight excluding hydrogens is 438 g/mol. The fraction of sp³-hybridized carbons (Fsp3) is 0.185. The van der Waals surface area contributed by atoms with E-state index in [-0.39, 0.29) is 29.5 Å². The van der Waals surface area contributed by atoms with Crippen LogP contribution in [0.3, 0.4) is 0 Å². The normalized spacial score (nSPS) is 10.9. The molecule has 168 valence electrons. The first-order chi connectivity index (χ1) is 16.0. The average molecular weight is 462 g/mol. The molecule has 0 bridgehead atoms. The number of anilines is 1. The lowest BCUT2D eigenvalue weighted by molar-refractivity contribution is -0.118. The smallest absolute Gasteiger partial charge is 0.262 e. The van der Waals surface area contributed by atoms with Crippen LogP contribution in [0.4, 0.5) is 5.69 Å². The zero-order valence-corrected chi connectivity index (χ0v) is 19.2. The Labute approximate surface area is 197 Å². The van der Waals surface area contributed by atoms with Gasteiger partial charge in [0.05, 0.1) is 5.39 Å². The minimum absolute atomic E-state index is 0.00504. The van der Waals surface area contributed by atoms with Crippen molar-refractivity contribution in [3.63, 3.8) is 0 Å². The van der Waals surface area contributed by atoms with Crippen LogP contribution in [0.2, 0.25) is 5.02 Å². The highest BCUT2D eigenvalue weighted by molar-refractivity contribution is 6.30. The molecule has 3 aromatic carbocycles. The third-order valence-corrected chi connectivity index (χ3v) is 5.67. The van der Waals surface area contributed by atoms with Crippen molar-refractivity contribution >= 4 is 34.2 Å². The van der Waals surface area contributed by atoms with Gasteiger partial charge in [0.25, 0.3) is 5.91 Å². The first-order valence-corrected chi connectivity index (χ1v) is 11.2. The Balaban J connectivity index is 1.67. The third kappa shape index (κ3) is 5.10. The largest absolute Gasteiger partial charge is 0.476 e. The maximum atomic E-state index is 13.4. The molecule has 0 saturated heterocycles. The Kier molecular flexibility index (Phi) is 6.80. The summed E-state index contributed by atoms with van der Waals surface area (Å²) >= 11 is 6.02. The Hall–Kier alpha value is -3.57. The maximum absolute atomic E-state index is 13.4. The molecule has 0 atom stereocenters. The molecule has 0 spiro atoms. The Bertz CT molecular complexity index is 1340. The van der Waals surface area contributed by atoms with E-state index >= 15 is 0 Å². The van der Waals surface area contributed by atoms with Gasteiger partial charge in [0.2, 0.25) is 11.2 Å². The van der Waals surface area contributed by atoms with Crippen molar-refractivity contribution in [1.29, 1.82) is 0 Å².